The van der Waals surface area contributed by atoms with Gasteiger partial charge in [-0.15, -0.1) is 6.07 Å². The average Bonchev–Trinajstić information content (AvgIpc) is 3.65. The Kier molecular flexibility index (Phi) is 9.82. The quantitative estimate of drug-likeness (QED) is 0.267. The summed E-state index contributed by atoms with van der Waals surface area (Å²) in [5.41, 5.74) is 5.02. The van der Waals surface area contributed by atoms with Crippen LogP contribution >= 0.6 is 0 Å². The zero-order chi connectivity index (χ0) is 24.5. The number of hydrogen-bond acceptors (Lipinski definition) is 4. The molecule has 1 aromatic heterocycles. The monoisotopic (exact) mass is 537 g/mol. The molecule has 0 unspecified atom stereocenters. The molecule has 194 valence electrons. The van der Waals surface area contributed by atoms with Gasteiger partial charge in [0, 0.05) is 38.2 Å². The maximum absolute atomic E-state index is 13.6. The van der Waals surface area contributed by atoms with Crippen molar-refractivity contribution in [1.29, 1.82) is 0 Å². The number of fused-ring (bicyclic) bond motifs is 1. The number of rotatable bonds is 8. The molecule has 1 aliphatic heterocycles. The summed E-state index contributed by atoms with van der Waals surface area (Å²) in [7, 11) is 0. The molecule has 0 amide bonds. The van der Waals surface area contributed by atoms with Gasteiger partial charge in [-0.1, -0.05) is 36.9 Å². The molecule has 2 heterocycles. The van der Waals surface area contributed by atoms with Crippen LogP contribution in [0.4, 0.5) is 21.7 Å². The minimum Gasteiger partial charge on any atom is -0.503 e. The van der Waals surface area contributed by atoms with Crippen molar-refractivity contribution in [3.8, 4) is 5.75 Å². The van der Waals surface area contributed by atoms with Crippen molar-refractivity contribution >= 4 is 28.4 Å². The Bertz CT molecular complexity index is 1360. The van der Waals surface area contributed by atoms with E-state index in [0.717, 1.165) is 72.5 Å². The van der Waals surface area contributed by atoms with Gasteiger partial charge in [0.05, 0.1) is 16.8 Å². The second kappa shape index (κ2) is 12.9. The third kappa shape index (κ3) is 6.57. The number of nitrogens with zero attached hydrogens (tertiary/aromatic N) is 3. The summed E-state index contributed by atoms with van der Waals surface area (Å²) in [5, 5.41) is 3.31. The summed E-state index contributed by atoms with van der Waals surface area (Å²) in [6.45, 7) is 4.94. The molecule has 0 spiro atoms. The number of para-hydroxylation sites is 2. The van der Waals surface area contributed by atoms with Gasteiger partial charge in [0.2, 0.25) is 5.95 Å². The molecule has 6 rings (SSSR count). The maximum Gasteiger partial charge on any atom is 1.00 e. The fourth-order valence-corrected chi connectivity index (χ4v) is 5.10. The molecule has 3 aromatic carbocycles. The van der Waals surface area contributed by atoms with Gasteiger partial charge in [0.1, 0.15) is 11.9 Å². The van der Waals surface area contributed by atoms with Gasteiger partial charge in [-0.2, -0.15) is 12.0 Å². The van der Waals surface area contributed by atoms with E-state index in [-0.39, 0.29) is 70.7 Å². The van der Waals surface area contributed by atoms with Crippen LogP contribution in [0.5, 0.6) is 5.75 Å². The Balaban J connectivity index is 0.00000168. The van der Waals surface area contributed by atoms with E-state index in [1.165, 1.54) is 30.5 Å². The minimum absolute atomic E-state index is 0. The Morgan fingerprint density at radius 1 is 1.00 bits per heavy atom. The molecule has 5 nitrogen and oxygen atoms in total. The Labute approximate surface area is 268 Å². The molecular weight excluding hydrogens is 502 g/mol. The topological polar surface area (TPSA) is 42.3 Å². The zero-order valence-electron chi connectivity index (χ0n) is 22.7. The van der Waals surface area contributed by atoms with E-state index in [0.29, 0.717) is 0 Å². The number of benzene rings is 3. The Morgan fingerprint density at radius 3 is 2.53 bits per heavy atom. The molecule has 1 saturated carbocycles. The summed E-state index contributed by atoms with van der Waals surface area (Å²) in [6, 6.07) is 21.1. The first-order valence-corrected chi connectivity index (χ1v) is 13.0. The fraction of sp³-hybridized carbons (Fsp3) is 0.323. The van der Waals surface area contributed by atoms with E-state index in [2.05, 4.69) is 45.1 Å². The van der Waals surface area contributed by atoms with E-state index in [4.69, 9.17) is 9.72 Å². The van der Waals surface area contributed by atoms with E-state index in [9.17, 15) is 4.39 Å². The molecular formula is C31H35FKN4O-. The van der Waals surface area contributed by atoms with Crippen molar-refractivity contribution < 1.29 is 60.5 Å². The first-order valence-electron chi connectivity index (χ1n) is 13.0. The molecule has 2 fully saturated rings. The van der Waals surface area contributed by atoms with Crippen molar-refractivity contribution in [2.45, 2.75) is 45.3 Å². The van der Waals surface area contributed by atoms with Crippen molar-refractivity contribution in [2.24, 2.45) is 5.92 Å². The average molecular weight is 538 g/mol. The predicted molar refractivity (Wildman–Crippen MR) is 150 cm³/mol. The number of aromatic nitrogens is 2. The van der Waals surface area contributed by atoms with Gasteiger partial charge in [0.15, 0.2) is 0 Å². The molecule has 1 N–H and O–H groups in total. The van der Waals surface area contributed by atoms with Crippen molar-refractivity contribution in [3.63, 3.8) is 0 Å². The van der Waals surface area contributed by atoms with Crippen LogP contribution in [-0.4, -0.2) is 28.7 Å². The van der Waals surface area contributed by atoms with E-state index >= 15 is 0 Å². The van der Waals surface area contributed by atoms with Crippen LogP contribution in [0.2, 0.25) is 0 Å². The van der Waals surface area contributed by atoms with Gasteiger partial charge in [0.25, 0.3) is 0 Å². The van der Waals surface area contributed by atoms with Crippen LogP contribution in [0, 0.1) is 25.6 Å². The third-order valence-corrected chi connectivity index (χ3v) is 7.24. The fourth-order valence-electron chi connectivity index (χ4n) is 5.10. The van der Waals surface area contributed by atoms with Crippen molar-refractivity contribution in [1.82, 2.24) is 9.55 Å². The van der Waals surface area contributed by atoms with Gasteiger partial charge in [-0.25, -0.2) is 9.37 Å². The summed E-state index contributed by atoms with van der Waals surface area (Å²) >= 11 is 0. The summed E-state index contributed by atoms with van der Waals surface area (Å²) in [5.74, 6) is 2.52. The number of imidazole rings is 1. The van der Waals surface area contributed by atoms with Crippen LogP contribution < -0.4 is 66.3 Å². The summed E-state index contributed by atoms with van der Waals surface area (Å²) in [4.78, 5) is 7.44. The number of nitrogens with one attached hydrogen (secondary N) is 1. The van der Waals surface area contributed by atoms with Gasteiger partial charge < -0.3 is 26.9 Å². The molecule has 4 aromatic rings. The second-order valence-corrected chi connectivity index (χ2v) is 9.93. The first-order chi connectivity index (χ1) is 17.7. The summed E-state index contributed by atoms with van der Waals surface area (Å²) in [6.07, 6.45) is 6.80. The largest absolute Gasteiger partial charge is 1.00 e. The number of halogens is 1. The standard InChI is InChI=1S/C30H32FN4O.CH3.K/c1-2-22-18-26(12-13-27(22)32-24-7-5-6-23(31)19-24)36-25-14-16-34(17-15-25)30-33-28-8-3-4-9-29(28)35(30)20-21-10-11-21;;/h2-9,12-13,18-19,21,25,32H,10-11,14-17,20H2,1H3;1H3;/q2*-1;+1. The molecule has 0 bridgehead atoms. The first kappa shape index (κ1) is 29.0. The zero-order valence-corrected chi connectivity index (χ0v) is 25.8. The predicted octanol–water partition coefficient (Wildman–Crippen LogP) is 4.40. The third-order valence-electron chi connectivity index (χ3n) is 7.24. The maximum atomic E-state index is 13.6. The minimum atomic E-state index is -0.253. The van der Waals surface area contributed by atoms with E-state index in [1.807, 2.05) is 31.5 Å². The van der Waals surface area contributed by atoms with Crippen LogP contribution in [0.25, 0.3) is 11.0 Å². The molecule has 0 atom stereocenters. The number of anilines is 3. The molecule has 2 aliphatic rings. The molecule has 7 heteroatoms. The molecule has 38 heavy (non-hydrogen) atoms. The summed E-state index contributed by atoms with van der Waals surface area (Å²) < 4.78 is 22.4. The molecule has 1 saturated heterocycles. The normalized spacial score (nSPS) is 15.5. The van der Waals surface area contributed by atoms with Crippen LogP contribution in [0.15, 0.2) is 66.7 Å². The van der Waals surface area contributed by atoms with Crippen LogP contribution in [-0.2, 0) is 6.54 Å². The van der Waals surface area contributed by atoms with Crippen LogP contribution in [0.3, 0.4) is 0 Å². The van der Waals surface area contributed by atoms with Gasteiger partial charge in [-0.3, -0.25) is 0 Å². The van der Waals surface area contributed by atoms with E-state index in [1.54, 1.807) is 6.07 Å². The van der Waals surface area contributed by atoms with E-state index < -0.39 is 0 Å². The number of hydrogen-bond donors (Lipinski definition) is 1. The van der Waals surface area contributed by atoms with Crippen molar-refractivity contribution in [2.75, 3.05) is 23.3 Å². The van der Waals surface area contributed by atoms with Crippen molar-refractivity contribution in [3.05, 3.63) is 92.0 Å². The Morgan fingerprint density at radius 2 is 1.79 bits per heavy atom. The SMILES string of the molecule is C[CH-]c1cc(OC2CCN(c3nc4ccccc4n3CC3CC3)CC2)ccc1Nc1cccc(F)c1.[CH3-].[K+]. The number of piperidine rings is 1. The van der Waals surface area contributed by atoms with Gasteiger partial charge in [-0.05, 0) is 55.2 Å². The smallest absolute Gasteiger partial charge is 0.503 e. The Hall–Kier alpha value is -2.03. The molecule has 1 aliphatic carbocycles. The number of ether oxygens (including phenoxy) is 1. The molecule has 0 radical (unpaired) electrons. The van der Waals surface area contributed by atoms with Gasteiger partial charge >= 0.3 is 51.4 Å². The second-order valence-electron chi connectivity index (χ2n) is 9.93. The van der Waals surface area contributed by atoms with Crippen LogP contribution in [0.1, 0.15) is 38.2 Å².